The van der Waals surface area contributed by atoms with Crippen molar-refractivity contribution in [1.82, 2.24) is 4.57 Å². The molecular formula is C16H21NO5. The van der Waals surface area contributed by atoms with Crippen LogP contribution in [0.5, 0.6) is 0 Å². The van der Waals surface area contributed by atoms with Crippen LogP contribution in [0.3, 0.4) is 0 Å². The maximum Gasteiger partial charge on any atom is 0.328 e. The number of hydrogen-bond acceptors (Lipinski definition) is 5. The van der Waals surface area contributed by atoms with Gasteiger partial charge in [0.15, 0.2) is 5.78 Å². The van der Waals surface area contributed by atoms with Crippen LogP contribution in [0.2, 0.25) is 0 Å². The predicted molar refractivity (Wildman–Crippen MR) is 78.0 cm³/mol. The summed E-state index contributed by atoms with van der Waals surface area (Å²) < 4.78 is 11.6. The Morgan fingerprint density at radius 3 is 1.91 bits per heavy atom. The Labute approximate surface area is 129 Å². The highest BCUT2D eigenvalue weighted by Gasteiger charge is 2.53. The zero-order valence-electron chi connectivity index (χ0n) is 12.9. The molecule has 0 aromatic carbocycles. The van der Waals surface area contributed by atoms with Gasteiger partial charge >= 0.3 is 11.9 Å². The summed E-state index contributed by atoms with van der Waals surface area (Å²) in [5.74, 6) is -3.61. The molecule has 1 fully saturated rings. The van der Waals surface area contributed by atoms with Crippen molar-refractivity contribution in [1.29, 1.82) is 0 Å². The molecular weight excluding hydrogens is 286 g/mol. The van der Waals surface area contributed by atoms with Crippen molar-refractivity contribution in [2.45, 2.75) is 38.6 Å². The van der Waals surface area contributed by atoms with E-state index in [9.17, 15) is 14.4 Å². The molecule has 0 aliphatic heterocycles. The van der Waals surface area contributed by atoms with Gasteiger partial charge in [0.1, 0.15) is 5.54 Å². The van der Waals surface area contributed by atoms with E-state index < -0.39 is 29.2 Å². The van der Waals surface area contributed by atoms with Gasteiger partial charge in [0, 0.05) is 12.4 Å². The molecule has 1 aliphatic carbocycles. The maximum atomic E-state index is 13.0. The Morgan fingerprint density at radius 1 is 1.05 bits per heavy atom. The molecule has 0 spiro atoms. The molecule has 1 aliphatic rings. The minimum atomic E-state index is -1.51. The first-order valence-electron chi connectivity index (χ1n) is 7.58. The van der Waals surface area contributed by atoms with Crippen molar-refractivity contribution in [3.8, 4) is 0 Å². The van der Waals surface area contributed by atoms with Crippen molar-refractivity contribution in [3.05, 3.63) is 24.5 Å². The SMILES string of the molecule is CCOC(=O)C(C(=O)OCC)C(=O)C1(n2cccc2)CCC1. The summed E-state index contributed by atoms with van der Waals surface area (Å²) in [6, 6.07) is 3.63. The third-order valence-electron chi connectivity index (χ3n) is 4.04. The van der Waals surface area contributed by atoms with Crippen molar-refractivity contribution in [3.63, 3.8) is 0 Å². The summed E-state index contributed by atoms with van der Waals surface area (Å²) in [6.45, 7) is 3.49. The number of esters is 2. The zero-order valence-corrected chi connectivity index (χ0v) is 12.9. The molecule has 0 amide bonds. The van der Waals surface area contributed by atoms with E-state index in [0.717, 1.165) is 6.42 Å². The number of rotatable bonds is 7. The molecule has 1 heterocycles. The van der Waals surface area contributed by atoms with E-state index >= 15 is 0 Å². The molecule has 1 aromatic heterocycles. The maximum absolute atomic E-state index is 13.0. The Kier molecular flexibility index (Phi) is 5.00. The van der Waals surface area contributed by atoms with Gasteiger partial charge in [-0.2, -0.15) is 0 Å². The Balaban J connectivity index is 2.31. The molecule has 0 bridgehead atoms. The smallest absolute Gasteiger partial charge is 0.328 e. The number of Topliss-reactive ketones (excluding diaryl/α,β-unsaturated/α-hetero) is 1. The second-order valence-electron chi connectivity index (χ2n) is 5.28. The average molecular weight is 307 g/mol. The Bertz CT molecular complexity index is 527. The topological polar surface area (TPSA) is 74.6 Å². The molecule has 6 nitrogen and oxygen atoms in total. The van der Waals surface area contributed by atoms with Crippen LogP contribution in [0.4, 0.5) is 0 Å². The Morgan fingerprint density at radius 2 is 1.55 bits per heavy atom. The lowest BCUT2D eigenvalue weighted by atomic mass is 9.70. The van der Waals surface area contributed by atoms with E-state index in [1.165, 1.54) is 0 Å². The highest BCUT2D eigenvalue weighted by molar-refractivity contribution is 6.17. The third-order valence-corrected chi connectivity index (χ3v) is 4.04. The van der Waals surface area contributed by atoms with Gasteiger partial charge in [-0.15, -0.1) is 0 Å². The molecule has 0 atom stereocenters. The van der Waals surface area contributed by atoms with E-state index in [2.05, 4.69) is 0 Å². The fourth-order valence-electron chi connectivity index (χ4n) is 2.79. The number of ether oxygens (including phenoxy) is 2. The molecule has 0 unspecified atom stereocenters. The summed E-state index contributed by atoms with van der Waals surface area (Å²) in [4.78, 5) is 37.2. The van der Waals surface area contributed by atoms with Gasteiger partial charge in [0.05, 0.1) is 13.2 Å². The summed E-state index contributed by atoms with van der Waals surface area (Å²) in [5.41, 5.74) is -0.840. The van der Waals surface area contributed by atoms with E-state index in [4.69, 9.17) is 9.47 Å². The molecule has 0 radical (unpaired) electrons. The third kappa shape index (κ3) is 2.77. The lowest BCUT2D eigenvalue weighted by molar-refractivity contribution is -0.167. The minimum absolute atomic E-state index is 0.110. The second kappa shape index (κ2) is 6.77. The average Bonchev–Trinajstić information content (AvgIpc) is 2.92. The van der Waals surface area contributed by atoms with Gasteiger partial charge in [-0.3, -0.25) is 14.4 Å². The van der Waals surface area contributed by atoms with Crippen LogP contribution in [0.1, 0.15) is 33.1 Å². The monoisotopic (exact) mass is 307 g/mol. The number of carbonyl (C=O) groups excluding carboxylic acids is 3. The molecule has 1 aromatic rings. The molecule has 6 heteroatoms. The van der Waals surface area contributed by atoms with E-state index in [1.807, 2.05) is 12.1 Å². The number of carbonyl (C=O) groups is 3. The molecule has 1 saturated carbocycles. The lowest BCUT2D eigenvalue weighted by Crippen LogP contribution is -2.53. The van der Waals surface area contributed by atoms with Crippen molar-refractivity contribution in [2.75, 3.05) is 13.2 Å². The highest BCUT2D eigenvalue weighted by Crippen LogP contribution is 2.42. The van der Waals surface area contributed by atoms with Crippen LogP contribution in [0.15, 0.2) is 24.5 Å². The summed E-state index contributed by atoms with van der Waals surface area (Å²) in [5, 5.41) is 0. The minimum Gasteiger partial charge on any atom is -0.465 e. The van der Waals surface area contributed by atoms with Gasteiger partial charge in [-0.05, 0) is 45.2 Å². The lowest BCUT2D eigenvalue weighted by Gasteiger charge is -2.42. The molecule has 2 rings (SSSR count). The van der Waals surface area contributed by atoms with Crippen molar-refractivity contribution >= 4 is 17.7 Å². The van der Waals surface area contributed by atoms with Gasteiger partial charge in [-0.25, -0.2) is 0 Å². The molecule has 22 heavy (non-hydrogen) atoms. The Hall–Kier alpha value is -2.11. The van der Waals surface area contributed by atoms with E-state index in [-0.39, 0.29) is 13.2 Å². The molecule has 120 valence electrons. The fourth-order valence-corrected chi connectivity index (χ4v) is 2.79. The number of aromatic nitrogens is 1. The molecule has 0 N–H and O–H groups in total. The second-order valence-corrected chi connectivity index (χ2v) is 5.28. The van der Waals surface area contributed by atoms with Crippen LogP contribution in [0, 0.1) is 5.92 Å². The van der Waals surface area contributed by atoms with Crippen molar-refractivity contribution in [2.24, 2.45) is 5.92 Å². The number of nitrogens with zero attached hydrogens (tertiary/aromatic N) is 1. The van der Waals surface area contributed by atoms with Crippen molar-refractivity contribution < 1.29 is 23.9 Å². The van der Waals surface area contributed by atoms with Gasteiger partial charge in [0.25, 0.3) is 0 Å². The van der Waals surface area contributed by atoms with Gasteiger partial charge in [-0.1, -0.05) is 0 Å². The van der Waals surface area contributed by atoms with Crippen LogP contribution in [0.25, 0.3) is 0 Å². The standard InChI is InChI=1S/C16H21NO5/c1-3-21-14(19)12(15(20)22-4-2)13(18)16(8-7-9-16)17-10-5-6-11-17/h5-6,10-12H,3-4,7-9H2,1-2H3. The van der Waals surface area contributed by atoms with Gasteiger partial charge < -0.3 is 14.0 Å². The van der Waals surface area contributed by atoms with E-state index in [1.54, 1.807) is 30.8 Å². The van der Waals surface area contributed by atoms with E-state index in [0.29, 0.717) is 12.8 Å². The number of ketones is 1. The van der Waals surface area contributed by atoms with Crippen LogP contribution < -0.4 is 0 Å². The van der Waals surface area contributed by atoms with Gasteiger partial charge in [0.2, 0.25) is 5.92 Å². The number of hydrogen-bond donors (Lipinski definition) is 0. The predicted octanol–water partition coefficient (Wildman–Crippen LogP) is 1.68. The normalized spacial score (nSPS) is 16.0. The summed E-state index contributed by atoms with van der Waals surface area (Å²) >= 11 is 0. The largest absolute Gasteiger partial charge is 0.465 e. The fraction of sp³-hybridized carbons (Fsp3) is 0.562. The van der Waals surface area contributed by atoms with Crippen LogP contribution in [-0.4, -0.2) is 35.5 Å². The zero-order chi connectivity index (χ0) is 16.2. The quantitative estimate of drug-likeness (QED) is 0.566. The van der Waals surface area contributed by atoms with Crippen LogP contribution >= 0.6 is 0 Å². The summed E-state index contributed by atoms with van der Waals surface area (Å²) in [7, 11) is 0. The highest BCUT2D eigenvalue weighted by atomic mass is 16.6. The molecule has 0 saturated heterocycles. The first-order chi connectivity index (χ1) is 10.6. The first kappa shape index (κ1) is 16.3. The first-order valence-corrected chi connectivity index (χ1v) is 7.58. The van der Waals surface area contributed by atoms with Crippen LogP contribution in [-0.2, 0) is 29.4 Å². The summed E-state index contributed by atoms with van der Waals surface area (Å²) in [6.07, 6.45) is 5.66.